The largest absolute Gasteiger partial charge is 0.341 e. The molecule has 2 unspecified atom stereocenters. The third-order valence-electron chi connectivity index (χ3n) is 2.67. The SMILES string of the molecule is CC(N)C(C)C(=O)N1CCS(=O)CC1. The van der Waals surface area contributed by atoms with Crippen LogP contribution in [-0.2, 0) is 15.6 Å². The molecule has 1 saturated heterocycles. The van der Waals surface area contributed by atoms with E-state index < -0.39 is 10.8 Å². The first-order valence-electron chi connectivity index (χ1n) is 4.91. The van der Waals surface area contributed by atoms with Crippen molar-refractivity contribution < 1.29 is 9.00 Å². The lowest BCUT2D eigenvalue weighted by Crippen LogP contribution is -2.47. The lowest BCUT2D eigenvalue weighted by atomic mass is 10.0. The van der Waals surface area contributed by atoms with Gasteiger partial charge in [-0.1, -0.05) is 6.92 Å². The van der Waals surface area contributed by atoms with E-state index in [-0.39, 0.29) is 17.9 Å². The lowest BCUT2D eigenvalue weighted by molar-refractivity contribution is -0.135. The molecule has 0 bridgehead atoms. The van der Waals surface area contributed by atoms with E-state index >= 15 is 0 Å². The number of amides is 1. The Morgan fingerprint density at radius 1 is 1.36 bits per heavy atom. The van der Waals surface area contributed by atoms with Gasteiger partial charge in [0.15, 0.2) is 0 Å². The number of rotatable bonds is 2. The summed E-state index contributed by atoms with van der Waals surface area (Å²) in [5, 5.41) is 0. The summed E-state index contributed by atoms with van der Waals surface area (Å²) >= 11 is 0. The van der Waals surface area contributed by atoms with Crippen molar-refractivity contribution in [3.8, 4) is 0 Å². The Morgan fingerprint density at radius 2 is 1.86 bits per heavy atom. The molecule has 5 heteroatoms. The second kappa shape index (κ2) is 4.89. The van der Waals surface area contributed by atoms with Gasteiger partial charge in [0.1, 0.15) is 0 Å². The first-order valence-corrected chi connectivity index (χ1v) is 6.40. The highest BCUT2D eigenvalue weighted by Crippen LogP contribution is 2.09. The van der Waals surface area contributed by atoms with E-state index in [0.717, 1.165) is 0 Å². The Kier molecular flexibility index (Phi) is 4.07. The molecule has 4 nitrogen and oxygen atoms in total. The molecule has 82 valence electrons. The van der Waals surface area contributed by atoms with Gasteiger partial charge in [-0.2, -0.15) is 0 Å². The minimum Gasteiger partial charge on any atom is -0.341 e. The van der Waals surface area contributed by atoms with Crippen LogP contribution < -0.4 is 5.73 Å². The van der Waals surface area contributed by atoms with E-state index in [9.17, 15) is 9.00 Å². The molecule has 1 rings (SSSR count). The number of hydrogen-bond acceptors (Lipinski definition) is 3. The molecule has 0 spiro atoms. The summed E-state index contributed by atoms with van der Waals surface area (Å²) in [6, 6.07) is -0.116. The van der Waals surface area contributed by atoms with Gasteiger partial charge >= 0.3 is 0 Å². The molecule has 2 atom stereocenters. The molecule has 0 aromatic heterocycles. The average Bonchev–Trinajstić information content (AvgIpc) is 2.16. The predicted octanol–water partition coefficient (Wildman–Crippen LogP) is -0.439. The molecule has 0 aliphatic carbocycles. The third-order valence-corrected chi connectivity index (χ3v) is 3.94. The first-order chi connectivity index (χ1) is 6.52. The normalized spacial score (nSPS) is 23.2. The number of nitrogens with two attached hydrogens (primary N) is 1. The van der Waals surface area contributed by atoms with Crippen LogP contribution in [0.4, 0.5) is 0 Å². The molecule has 1 aliphatic heterocycles. The van der Waals surface area contributed by atoms with Gasteiger partial charge in [-0.15, -0.1) is 0 Å². The van der Waals surface area contributed by atoms with Gasteiger partial charge in [-0.25, -0.2) is 0 Å². The van der Waals surface area contributed by atoms with Crippen molar-refractivity contribution in [3.05, 3.63) is 0 Å². The van der Waals surface area contributed by atoms with Gasteiger partial charge in [0.25, 0.3) is 0 Å². The molecule has 14 heavy (non-hydrogen) atoms. The second-order valence-corrected chi connectivity index (χ2v) is 5.52. The van der Waals surface area contributed by atoms with Crippen molar-refractivity contribution in [1.82, 2.24) is 4.90 Å². The van der Waals surface area contributed by atoms with Crippen molar-refractivity contribution in [3.63, 3.8) is 0 Å². The van der Waals surface area contributed by atoms with Crippen LogP contribution in [0.15, 0.2) is 0 Å². The van der Waals surface area contributed by atoms with Crippen molar-refractivity contribution in [2.24, 2.45) is 11.7 Å². The number of carbonyl (C=O) groups is 1. The van der Waals surface area contributed by atoms with Gasteiger partial charge in [-0.05, 0) is 6.92 Å². The lowest BCUT2D eigenvalue weighted by Gasteiger charge is -2.30. The topological polar surface area (TPSA) is 63.4 Å². The van der Waals surface area contributed by atoms with Crippen LogP contribution in [0.5, 0.6) is 0 Å². The summed E-state index contributed by atoms with van der Waals surface area (Å²) < 4.78 is 11.1. The number of carbonyl (C=O) groups excluding carboxylic acids is 1. The molecular formula is C9H18N2O2S. The smallest absolute Gasteiger partial charge is 0.227 e. The van der Waals surface area contributed by atoms with E-state index in [0.29, 0.717) is 24.6 Å². The zero-order valence-corrected chi connectivity index (χ0v) is 9.55. The fraction of sp³-hybridized carbons (Fsp3) is 0.889. The van der Waals surface area contributed by atoms with Crippen LogP contribution >= 0.6 is 0 Å². The summed E-state index contributed by atoms with van der Waals surface area (Å²) in [4.78, 5) is 13.6. The summed E-state index contributed by atoms with van der Waals surface area (Å²) in [6.45, 7) is 4.91. The molecule has 1 amide bonds. The van der Waals surface area contributed by atoms with Crippen molar-refractivity contribution in [2.75, 3.05) is 24.6 Å². The highest BCUT2D eigenvalue weighted by atomic mass is 32.2. The fourth-order valence-electron chi connectivity index (χ4n) is 1.37. The average molecular weight is 218 g/mol. The number of nitrogens with zero attached hydrogens (tertiary/aromatic N) is 1. The van der Waals surface area contributed by atoms with Crippen molar-refractivity contribution in [1.29, 1.82) is 0 Å². The highest BCUT2D eigenvalue weighted by molar-refractivity contribution is 7.85. The van der Waals surface area contributed by atoms with E-state index in [2.05, 4.69) is 0 Å². The van der Waals surface area contributed by atoms with E-state index in [4.69, 9.17) is 5.73 Å². The zero-order valence-electron chi connectivity index (χ0n) is 8.73. The summed E-state index contributed by atoms with van der Waals surface area (Å²) in [5.74, 6) is 1.17. The fourth-order valence-corrected chi connectivity index (χ4v) is 2.42. The molecule has 1 heterocycles. The van der Waals surface area contributed by atoms with Gasteiger partial charge in [0.05, 0.1) is 5.92 Å². The van der Waals surface area contributed by atoms with Crippen LogP contribution in [0.3, 0.4) is 0 Å². The van der Waals surface area contributed by atoms with Gasteiger partial charge in [0, 0.05) is 41.4 Å². The minimum absolute atomic E-state index is 0.0942. The summed E-state index contributed by atoms with van der Waals surface area (Å²) in [6.07, 6.45) is 0. The van der Waals surface area contributed by atoms with E-state index in [1.165, 1.54) is 0 Å². The molecule has 1 fully saturated rings. The van der Waals surface area contributed by atoms with Gasteiger partial charge in [-0.3, -0.25) is 9.00 Å². The first kappa shape index (κ1) is 11.7. The quantitative estimate of drug-likeness (QED) is 0.683. The molecule has 0 aromatic rings. The Morgan fingerprint density at radius 3 is 2.29 bits per heavy atom. The Labute approximate surface area is 87.3 Å². The maximum absolute atomic E-state index is 11.8. The number of hydrogen-bond donors (Lipinski definition) is 1. The Hall–Kier alpha value is -0.420. The standard InChI is InChI=1S/C9H18N2O2S/c1-7(8(2)10)9(12)11-3-5-14(13)6-4-11/h7-8H,3-6,10H2,1-2H3. The minimum atomic E-state index is -0.727. The van der Waals surface area contributed by atoms with Gasteiger partial charge < -0.3 is 10.6 Å². The maximum atomic E-state index is 11.8. The molecule has 0 saturated carbocycles. The van der Waals surface area contributed by atoms with Crippen LogP contribution in [0.2, 0.25) is 0 Å². The van der Waals surface area contributed by atoms with Gasteiger partial charge in [0.2, 0.25) is 5.91 Å². The van der Waals surface area contributed by atoms with Crippen LogP contribution in [0, 0.1) is 5.92 Å². The van der Waals surface area contributed by atoms with Crippen LogP contribution in [-0.4, -0.2) is 45.7 Å². The van der Waals surface area contributed by atoms with Crippen molar-refractivity contribution >= 4 is 16.7 Å². The van der Waals surface area contributed by atoms with Crippen LogP contribution in [0.1, 0.15) is 13.8 Å². The molecule has 0 radical (unpaired) electrons. The maximum Gasteiger partial charge on any atom is 0.227 e. The summed E-state index contributed by atoms with van der Waals surface area (Å²) in [7, 11) is -0.727. The zero-order chi connectivity index (χ0) is 10.7. The Balaban J connectivity index is 2.49. The van der Waals surface area contributed by atoms with E-state index in [1.54, 1.807) is 4.90 Å². The second-order valence-electron chi connectivity index (χ2n) is 3.82. The molecule has 2 N–H and O–H groups in total. The van der Waals surface area contributed by atoms with Crippen molar-refractivity contribution in [2.45, 2.75) is 19.9 Å². The predicted molar refractivity (Wildman–Crippen MR) is 57.3 cm³/mol. The van der Waals surface area contributed by atoms with E-state index in [1.807, 2.05) is 13.8 Å². The molecular weight excluding hydrogens is 200 g/mol. The monoisotopic (exact) mass is 218 g/mol. The Bertz CT molecular complexity index is 233. The molecule has 0 aromatic carbocycles. The third kappa shape index (κ3) is 2.78. The van der Waals surface area contributed by atoms with Crippen LogP contribution in [0.25, 0.3) is 0 Å². The summed E-state index contributed by atoms with van der Waals surface area (Å²) in [5.41, 5.74) is 5.66. The highest BCUT2D eigenvalue weighted by Gasteiger charge is 2.25. The molecule has 1 aliphatic rings.